The first-order valence-electron chi connectivity index (χ1n) is 7.85. The Kier molecular flexibility index (Phi) is 8.72. The predicted molar refractivity (Wildman–Crippen MR) is 96.4 cm³/mol. The molecule has 0 fully saturated rings. The van der Waals surface area contributed by atoms with Crippen molar-refractivity contribution in [2.24, 2.45) is 17.6 Å². The zero-order valence-electron chi connectivity index (χ0n) is 14.5. The molecule has 1 unspecified atom stereocenters. The van der Waals surface area contributed by atoms with Gasteiger partial charge in [0.05, 0.1) is 12.0 Å². The van der Waals surface area contributed by atoms with Crippen LogP contribution in [-0.4, -0.2) is 18.0 Å². The van der Waals surface area contributed by atoms with Gasteiger partial charge in [0.25, 0.3) is 0 Å². The number of carbonyl (C=O) groups is 1. The Hall–Kier alpha value is -1.06. The summed E-state index contributed by atoms with van der Waals surface area (Å²) in [5.41, 5.74) is 7.83. The second-order valence-electron chi connectivity index (χ2n) is 6.92. The number of rotatable bonds is 7. The van der Waals surface area contributed by atoms with Gasteiger partial charge in [-0.15, -0.1) is 12.4 Å². The van der Waals surface area contributed by atoms with Crippen LogP contribution in [0.3, 0.4) is 0 Å². The van der Waals surface area contributed by atoms with Gasteiger partial charge in [0.1, 0.15) is 0 Å². The lowest BCUT2D eigenvalue weighted by molar-refractivity contribution is -0.122. The number of hydrogen-bond donors (Lipinski definition) is 2. The van der Waals surface area contributed by atoms with Crippen LogP contribution in [-0.2, 0) is 17.6 Å². The molecule has 0 spiro atoms. The molecule has 0 saturated carbocycles. The molecule has 0 radical (unpaired) electrons. The van der Waals surface area contributed by atoms with Gasteiger partial charge in [-0.05, 0) is 36.3 Å². The monoisotopic (exact) mass is 326 g/mol. The van der Waals surface area contributed by atoms with Crippen LogP contribution in [0.5, 0.6) is 0 Å². The lowest BCUT2D eigenvalue weighted by Crippen LogP contribution is -2.55. The molecule has 1 atom stereocenters. The van der Waals surface area contributed by atoms with E-state index in [1.165, 1.54) is 5.56 Å². The molecule has 3 nitrogen and oxygen atoms in total. The highest BCUT2D eigenvalue weighted by atomic mass is 35.5. The minimum Gasteiger partial charge on any atom is -0.349 e. The lowest BCUT2D eigenvalue weighted by atomic mass is 9.88. The van der Waals surface area contributed by atoms with Crippen LogP contribution in [0.15, 0.2) is 24.3 Å². The summed E-state index contributed by atoms with van der Waals surface area (Å²) in [6.07, 6.45) is 1.48. The summed E-state index contributed by atoms with van der Waals surface area (Å²) in [6, 6.07) is 8.33. The van der Waals surface area contributed by atoms with Gasteiger partial charge in [0.2, 0.25) is 5.91 Å². The zero-order valence-corrected chi connectivity index (χ0v) is 15.3. The van der Waals surface area contributed by atoms with E-state index >= 15 is 0 Å². The van der Waals surface area contributed by atoms with Gasteiger partial charge in [0, 0.05) is 6.54 Å². The minimum atomic E-state index is -0.339. The summed E-state index contributed by atoms with van der Waals surface area (Å²) in [6.45, 7) is 11.0. The van der Waals surface area contributed by atoms with Crippen LogP contribution in [0.4, 0.5) is 0 Å². The van der Waals surface area contributed by atoms with Crippen LogP contribution >= 0.6 is 12.4 Å². The Balaban J connectivity index is 0.00000441. The second kappa shape index (κ2) is 9.16. The quantitative estimate of drug-likeness (QED) is 0.807. The maximum atomic E-state index is 12.2. The molecular formula is C18H31ClN2O. The van der Waals surface area contributed by atoms with Gasteiger partial charge in [-0.2, -0.15) is 0 Å². The SMILES string of the molecule is CC(C)Cc1ccc(CC(=O)NC(C)(CN)C(C)C)cc1.Cl. The molecule has 22 heavy (non-hydrogen) atoms. The molecule has 0 aliphatic carbocycles. The number of nitrogens with two attached hydrogens (primary N) is 1. The number of hydrogen-bond acceptors (Lipinski definition) is 2. The van der Waals surface area contributed by atoms with E-state index in [1.54, 1.807) is 0 Å². The first-order valence-corrected chi connectivity index (χ1v) is 7.85. The van der Waals surface area contributed by atoms with Gasteiger partial charge >= 0.3 is 0 Å². The van der Waals surface area contributed by atoms with Gasteiger partial charge in [-0.3, -0.25) is 4.79 Å². The molecule has 0 heterocycles. The van der Waals surface area contributed by atoms with E-state index in [1.807, 2.05) is 19.1 Å². The molecule has 1 rings (SSSR count). The smallest absolute Gasteiger partial charge is 0.224 e. The fraction of sp³-hybridized carbons (Fsp3) is 0.611. The van der Waals surface area contributed by atoms with Crippen molar-refractivity contribution >= 4 is 18.3 Å². The van der Waals surface area contributed by atoms with Crippen molar-refractivity contribution in [2.75, 3.05) is 6.54 Å². The van der Waals surface area contributed by atoms with Gasteiger partial charge in [0.15, 0.2) is 0 Å². The Bertz CT molecular complexity index is 457. The first-order chi connectivity index (χ1) is 9.76. The molecule has 0 aliphatic heterocycles. The van der Waals surface area contributed by atoms with Crippen LogP contribution in [0.25, 0.3) is 0 Å². The molecule has 3 N–H and O–H groups in total. The summed E-state index contributed by atoms with van der Waals surface area (Å²) in [5, 5.41) is 3.07. The van der Waals surface area contributed by atoms with E-state index in [0.717, 1.165) is 12.0 Å². The van der Waals surface area contributed by atoms with Gasteiger partial charge in [-0.1, -0.05) is 52.0 Å². The number of nitrogens with one attached hydrogen (secondary N) is 1. The molecule has 126 valence electrons. The topological polar surface area (TPSA) is 55.1 Å². The van der Waals surface area contributed by atoms with E-state index in [9.17, 15) is 4.79 Å². The molecule has 0 saturated heterocycles. The third-order valence-electron chi connectivity index (χ3n) is 4.15. The van der Waals surface area contributed by atoms with Crippen molar-refractivity contribution in [2.45, 2.75) is 53.0 Å². The maximum absolute atomic E-state index is 12.2. The summed E-state index contributed by atoms with van der Waals surface area (Å²) in [7, 11) is 0. The lowest BCUT2D eigenvalue weighted by Gasteiger charge is -2.33. The standard InChI is InChI=1S/C18H30N2O.ClH/c1-13(2)10-15-6-8-16(9-7-15)11-17(21)20-18(5,12-19)14(3)4;/h6-9,13-14H,10-12,19H2,1-5H3,(H,20,21);1H. The van der Waals surface area contributed by atoms with E-state index in [4.69, 9.17) is 5.73 Å². The third kappa shape index (κ3) is 6.37. The molecule has 0 aromatic heterocycles. The van der Waals surface area contributed by atoms with Crippen molar-refractivity contribution in [1.29, 1.82) is 0 Å². The number of carbonyl (C=O) groups excluding carboxylic acids is 1. The molecule has 1 amide bonds. The van der Waals surface area contributed by atoms with Gasteiger partial charge < -0.3 is 11.1 Å². The van der Waals surface area contributed by atoms with Crippen LogP contribution in [0, 0.1) is 11.8 Å². The Morgan fingerprint density at radius 2 is 1.64 bits per heavy atom. The van der Waals surface area contributed by atoms with Gasteiger partial charge in [-0.25, -0.2) is 0 Å². The third-order valence-corrected chi connectivity index (χ3v) is 4.15. The Labute approximate surface area is 141 Å². The fourth-order valence-corrected chi connectivity index (χ4v) is 2.24. The van der Waals surface area contributed by atoms with Crippen LogP contribution < -0.4 is 11.1 Å². The minimum absolute atomic E-state index is 0. The number of amides is 1. The van der Waals surface area contributed by atoms with Crippen molar-refractivity contribution in [3.8, 4) is 0 Å². The molecular weight excluding hydrogens is 296 g/mol. The molecule has 1 aromatic carbocycles. The summed E-state index contributed by atoms with van der Waals surface area (Å²) < 4.78 is 0. The number of benzene rings is 1. The van der Waals surface area contributed by atoms with Crippen molar-refractivity contribution < 1.29 is 4.79 Å². The average Bonchev–Trinajstić information content (AvgIpc) is 2.40. The first kappa shape index (κ1) is 20.9. The number of halogens is 1. The van der Waals surface area contributed by atoms with Crippen LogP contribution in [0.1, 0.15) is 45.7 Å². The molecule has 0 bridgehead atoms. The van der Waals surface area contributed by atoms with Crippen molar-refractivity contribution in [1.82, 2.24) is 5.32 Å². The van der Waals surface area contributed by atoms with E-state index in [-0.39, 0.29) is 23.9 Å². The highest BCUT2D eigenvalue weighted by Crippen LogP contribution is 2.15. The summed E-state index contributed by atoms with van der Waals surface area (Å²) >= 11 is 0. The summed E-state index contributed by atoms with van der Waals surface area (Å²) in [5.74, 6) is 0.989. The average molecular weight is 327 g/mol. The van der Waals surface area contributed by atoms with Crippen molar-refractivity contribution in [3.63, 3.8) is 0 Å². The molecule has 1 aromatic rings. The van der Waals surface area contributed by atoms with E-state index in [0.29, 0.717) is 24.8 Å². The van der Waals surface area contributed by atoms with Crippen LogP contribution in [0.2, 0.25) is 0 Å². The van der Waals surface area contributed by atoms with E-state index in [2.05, 4.69) is 45.1 Å². The Morgan fingerprint density at radius 1 is 1.14 bits per heavy atom. The van der Waals surface area contributed by atoms with Crippen molar-refractivity contribution in [3.05, 3.63) is 35.4 Å². The predicted octanol–water partition coefficient (Wildman–Crippen LogP) is 3.34. The zero-order chi connectivity index (χ0) is 16.0. The Morgan fingerprint density at radius 3 is 2.05 bits per heavy atom. The highest BCUT2D eigenvalue weighted by Gasteiger charge is 2.28. The second-order valence-corrected chi connectivity index (χ2v) is 6.92. The molecule has 4 heteroatoms. The summed E-state index contributed by atoms with van der Waals surface area (Å²) in [4.78, 5) is 12.2. The van der Waals surface area contributed by atoms with E-state index < -0.39 is 0 Å². The largest absolute Gasteiger partial charge is 0.349 e. The highest BCUT2D eigenvalue weighted by molar-refractivity contribution is 5.85. The molecule has 0 aliphatic rings. The maximum Gasteiger partial charge on any atom is 0.224 e. The fourth-order valence-electron chi connectivity index (χ4n) is 2.24. The normalized spacial score (nSPS) is 13.6.